The number of halogens is 5. The van der Waals surface area contributed by atoms with Gasteiger partial charge in [-0.15, -0.1) is 0 Å². The Morgan fingerprint density at radius 3 is 2.59 bits per heavy atom. The number of H-pyrrole nitrogens is 1. The van der Waals surface area contributed by atoms with Crippen molar-refractivity contribution in [2.45, 2.75) is 37.8 Å². The number of aromatic amines is 1. The van der Waals surface area contributed by atoms with E-state index in [1.165, 1.54) is 0 Å². The van der Waals surface area contributed by atoms with E-state index in [9.17, 15) is 26.7 Å². The lowest BCUT2D eigenvalue weighted by molar-refractivity contribution is -0.142. The Morgan fingerprint density at radius 2 is 2.00 bits per heavy atom. The molecule has 0 spiro atoms. The number of nitrogens with zero attached hydrogens (tertiary/aromatic N) is 3. The zero-order valence-electron chi connectivity index (χ0n) is 14.8. The fourth-order valence-electron chi connectivity index (χ4n) is 3.71. The van der Waals surface area contributed by atoms with Gasteiger partial charge >= 0.3 is 6.18 Å². The summed E-state index contributed by atoms with van der Waals surface area (Å²) in [6.45, 7) is 0. The highest BCUT2D eigenvalue weighted by Gasteiger charge is 2.42. The molecule has 0 radical (unpaired) electrons. The first kappa shape index (κ1) is 19.1. The zero-order chi connectivity index (χ0) is 20.9. The molecule has 1 atom stereocenters. The summed E-state index contributed by atoms with van der Waals surface area (Å²) in [5, 5.41) is 12.4. The molecule has 29 heavy (non-hydrogen) atoms. The second-order valence-electron chi connectivity index (χ2n) is 6.88. The lowest BCUT2D eigenvalue weighted by Crippen LogP contribution is -2.30. The largest absolute Gasteiger partial charge is 0.435 e. The molecule has 0 aromatic carbocycles. The maximum Gasteiger partial charge on any atom is 0.435 e. The SMILES string of the molecule is N#CC1=CC/C(=c2\[nH]c3c(C4CC=C(F)C=C4F)c(C(F)(F)F)nn3c2=O)CC1. The molecule has 0 saturated heterocycles. The number of aromatic nitrogens is 3. The van der Waals surface area contributed by atoms with E-state index in [4.69, 9.17) is 5.26 Å². The van der Waals surface area contributed by atoms with Crippen molar-refractivity contribution in [3.63, 3.8) is 0 Å². The molecular formula is C19H13F5N4O. The molecule has 0 amide bonds. The van der Waals surface area contributed by atoms with E-state index >= 15 is 0 Å². The molecule has 0 aliphatic heterocycles. The Morgan fingerprint density at radius 1 is 1.24 bits per heavy atom. The van der Waals surface area contributed by atoms with Crippen molar-refractivity contribution in [2.75, 3.05) is 0 Å². The van der Waals surface area contributed by atoms with Crippen molar-refractivity contribution in [1.82, 2.24) is 14.6 Å². The van der Waals surface area contributed by atoms with Crippen LogP contribution in [0.15, 0.2) is 40.2 Å². The van der Waals surface area contributed by atoms with Crippen molar-refractivity contribution in [3.05, 3.63) is 62.4 Å². The van der Waals surface area contributed by atoms with Gasteiger partial charge in [-0.05, 0) is 37.3 Å². The molecular weight excluding hydrogens is 395 g/mol. The molecule has 150 valence electrons. The second kappa shape index (κ2) is 6.69. The van der Waals surface area contributed by atoms with Gasteiger partial charge in [0.25, 0.3) is 5.56 Å². The van der Waals surface area contributed by atoms with Crippen LogP contribution in [0.5, 0.6) is 0 Å². The molecule has 2 aliphatic rings. The van der Waals surface area contributed by atoms with Crippen LogP contribution < -0.4 is 10.9 Å². The average molecular weight is 408 g/mol. The summed E-state index contributed by atoms with van der Waals surface area (Å²) in [5.41, 5.74) is -1.74. The molecule has 0 bridgehead atoms. The standard InChI is InChI=1S/C19H13F5N4O/c20-11-5-6-12(13(21)7-11)14-16(19(22,23)24)27-28-17(14)26-15(18(28)29)10-3-1-9(8-25)2-4-10/h1,5,7,12,26H,2-4,6H2/b15-10+. The van der Waals surface area contributed by atoms with Crippen LogP contribution in [0.25, 0.3) is 11.2 Å². The molecule has 1 unspecified atom stereocenters. The van der Waals surface area contributed by atoms with Crippen LogP contribution in [0.3, 0.4) is 0 Å². The van der Waals surface area contributed by atoms with E-state index in [2.05, 4.69) is 10.1 Å². The number of hydrogen-bond acceptors (Lipinski definition) is 3. The molecule has 0 fully saturated rings. The van der Waals surface area contributed by atoms with Gasteiger partial charge in [0.05, 0.1) is 6.07 Å². The zero-order valence-corrected chi connectivity index (χ0v) is 14.8. The highest BCUT2D eigenvalue weighted by Crippen LogP contribution is 2.42. The molecule has 0 saturated carbocycles. The number of hydrogen-bond donors (Lipinski definition) is 1. The Balaban J connectivity index is 1.95. The predicted octanol–water partition coefficient (Wildman–Crippen LogP) is 3.74. The number of allylic oxidation sites excluding steroid dienone is 6. The third-order valence-corrected chi connectivity index (χ3v) is 5.13. The van der Waals surface area contributed by atoms with E-state index in [0.717, 1.165) is 6.08 Å². The van der Waals surface area contributed by atoms with Crippen molar-refractivity contribution in [1.29, 1.82) is 5.26 Å². The van der Waals surface area contributed by atoms with Crippen LogP contribution in [0.1, 0.15) is 42.9 Å². The fourth-order valence-corrected chi connectivity index (χ4v) is 3.71. The van der Waals surface area contributed by atoms with E-state index < -0.39 is 40.6 Å². The highest BCUT2D eigenvalue weighted by atomic mass is 19.4. The molecule has 2 aromatic heterocycles. The quantitative estimate of drug-likeness (QED) is 0.731. The first-order chi connectivity index (χ1) is 13.7. The number of nitriles is 1. The minimum Gasteiger partial charge on any atom is -0.335 e. The molecule has 2 aromatic rings. The number of fused-ring (bicyclic) bond motifs is 1. The summed E-state index contributed by atoms with van der Waals surface area (Å²) in [7, 11) is 0. The van der Waals surface area contributed by atoms with Crippen molar-refractivity contribution < 1.29 is 22.0 Å². The maximum atomic E-state index is 14.3. The van der Waals surface area contributed by atoms with E-state index in [1.807, 2.05) is 6.07 Å². The molecule has 5 nitrogen and oxygen atoms in total. The summed E-state index contributed by atoms with van der Waals surface area (Å²) in [5.74, 6) is -3.35. The molecule has 10 heteroatoms. The minimum atomic E-state index is -4.92. The van der Waals surface area contributed by atoms with E-state index in [-0.39, 0.29) is 17.4 Å². The van der Waals surface area contributed by atoms with Gasteiger partial charge in [0, 0.05) is 23.1 Å². The average Bonchev–Trinajstić information content (AvgIpc) is 3.19. The molecule has 4 rings (SSSR count). The number of alkyl halides is 3. The van der Waals surface area contributed by atoms with Gasteiger partial charge in [0.15, 0.2) is 5.69 Å². The topological polar surface area (TPSA) is 73.9 Å². The Kier molecular flexibility index (Phi) is 4.41. The third kappa shape index (κ3) is 3.16. The van der Waals surface area contributed by atoms with Gasteiger partial charge in [-0.1, -0.05) is 6.08 Å². The Bertz CT molecular complexity index is 1250. The normalized spacial score (nSPS) is 22.2. The van der Waals surface area contributed by atoms with Gasteiger partial charge in [0.1, 0.15) is 22.7 Å². The predicted molar refractivity (Wildman–Crippen MR) is 92.7 cm³/mol. The van der Waals surface area contributed by atoms with Crippen molar-refractivity contribution in [2.24, 2.45) is 0 Å². The summed E-state index contributed by atoms with van der Waals surface area (Å²) in [4.78, 5) is 15.4. The lowest BCUT2D eigenvalue weighted by Gasteiger charge is -2.17. The van der Waals surface area contributed by atoms with Gasteiger partial charge < -0.3 is 4.98 Å². The van der Waals surface area contributed by atoms with Crippen LogP contribution in [0.2, 0.25) is 0 Å². The monoisotopic (exact) mass is 408 g/mol. The van der Waals surface area contributed by atoms with Crippen LogP contribution in [0.4, 0.5) is 22.0 Å². The van der Waals surface area contributed by atoms with Gasteiger partial charge in [-0.25, -0.2) is 8.78 Å². The van der Waals surface area contributed by atoms with Crippen LogP contribution in [-0.2, 0) is 6.18 Å². The smallest absolute Gasteiger partial charge is 0.335 e. The third-order valence-electron chi connectivity index (χ3n) is 5.13. The van der Waals surface area contributed by atoms with Gasteiger partial charge in [0.2, 0.25) is 0 Å². The van der Waals surface area contributed by atoms with Crippen LogP contribution in [-0.4, -0.2) is 14.6 Å². The highest BCUT2D eigenvalue weighted by molar-refractivity contribution is 5.59. The molecule has 2 heterocycles. The molecule has 2 aliphatic carbocycles. The lowest BCUT2D eigenvalue weighted by atomic mass is 9.90. The summed E-state index contributed by atoms with van der Waals surface area (Å²) in [6, 6.07) is 2.03. The number of imidazole rings is 1. The van der Waals surface area contributed by atoms with E-state index in [1.54, 1.807) is 6.08 Å². The number of rotatable bonds is 1. The van der Waals surface area contributed by atoms with Gasteiger partial charge in [-0.3, -0.25) is 4.79 Å². The van der Waals surface area contributed by atoms with Crippen LogP contribution >= 0.6 is 0 Å². The van der Waals surface area contributed by atoms with E-state index in [0.29, 0.717) is 41.0 Å². The van der Waals surface area contributed by atoms with Crippen molar-refractivity contribution in [3.8, 4) is 6.07 Å². The van der Waals surface area contributed by atoms with Gasteiger partial charge in [-0.2, -0.15) is 28.0 Å². The van der Waals surface area contributed by atoms with Crippen molar-refractivity contribution >= 4 is 11.2 Å². The Labute approximate surface area is 160 Å². The molecule has 1 N–H and O–H groups in total. The minimum absolute atomic E-state index is 0.0811. The number of nitrogens with one attached hydrogen (secondary N) is 1. The Hall–Kier alpha value is -3.22. The summed E-state index contributed by atoms with van der Waals surface area (Å²) >= 11 is 0. The first-order valence-corrected chi connectivity index (χ1v) is 8.76. The summed E-state index contributed by atoms with van der Waals surface area (Å²) in [6.07, 6.45) is -0.963. The summed E-state index contributed by atoms with van der Waals surface area (Å²) < 4.78 is 68.8. The second-order valence-corrected chi connectivity index (χ2v) is 6.88. The van der Waals surface area contributed by atoms with Crippen LogP contribution in [0, 0.1) is 11.3 Å². The fraction of sp³-hybridized carbons (Fsp3) is 0.316. The first-order valence-electron chi connectivity index (χ1n) is 8.76. The maximum absolute atomic E-state index is 14.3.